The Morgan fingerprint density at radius 2 is 2.00 bits per heavy atom. The SMILES string of the molecule is CCCNc1nc(C)cc(Nc2ccccc2SC)n1. The summed E-state index contributed by atoms with van der Waals surface area (Å²) in [7, 11) is 0. The number of aromatic nitrogens is 2. The van der Waals surface area contributed by atoms with Crippen molar-refractivity contribution >= 4 is 29.2 Å². The Kier molecular flexibility index (Phi) is 5.24. The van der Waals surface area contributed by atoms with Gasteiger partial charge in [0.15, 0.2) is 0 Å². The van der Waals surface area contributed by atoms with Crippen LogP contribution < -0.4 is 10.6 Å². The Balaban J connectivity index is 2.22. The predicted molar refractivity (Wildman–Crippen MR) is 87.1 cm³/mol. The molecule has 0 amide bonds. The Hall–Kier alpha value is -1.75. The van der Waals surface area contributed by atoms with Gasteiger partial charge in [0.1, 0.15) is 5.82 Å². The summed E-state index contributed by atoms with van der Waals surface area (Å²) in [5.41, 5.74) is 2.02. The van der Waals surface area contributed by atoms with E-state index in [1.165, 1.54) is 4.90 Å². The van der Waals surface area contributed by atoms with Gasteiger partial charge in [0.25, 0.3) is 0 Å². The fourth-order valence-electron chi connectivity index (χ4n) is 1.83. The molecule has 1 aromatic heterocycles. The van der Waals surface area contributed by atoms with Crippen LogP contribution in [0.15, 0.2) is 35.2 Å². The van der Waals surface area contributed by atoms with Gasteiger partial charge in [-0.1, -0.05) is 19.1 Å². The number of aryl methyl sites for hydroxylation is 1. The van der Waals surface area contributed by atoms with Crippen molar-refractivity contribution in [2.45, 2.75) is 25.2 Å². The number of nitrogens with one attached hydrogen (secondary N) is 2. The normalized spacial score (nSPS) is 10.3. The Morgan fingerprint density at radius 3 is 2.75 bits per heavy atom. The third kappa shape index (κ3) is 3.87. The molecule has 106 valence electrons. The van der Waals surface area contributed by atoms with Gasteiger partial charge in [0.2, 0.25) is 5.95 Å². The van der Waals surface area contributed by atoms with E-state index in [0.29, 0.717) is 5.95 Å². The predicted octanol–water partition coefficient (Wildman–Crippen LogP) is 4.07. The lowest BCUT2D eigenvalue weighted by Gasteiger charge is -2.11. The monoisotopic (exact) mass is 288 g/mol. The molecule has 0 unspecified atom stereocenters. The van der Waals surface area contributed by atoms with E-state index in [1.807, 2.05) is 25.1 Å². The summed E-state index contributed by atoms with van der Waals surface area (Å²) in [4.78, 5) is 10.1. The van der Waals surface area contributed by atoms with Crippen molar-refractivity contribution in [3.63, 3.8) is 0 Å². The maximum atomic E-state index is 4.50. The van der Waals surface area contributed by atoms with E-state index in [2.05, 4.69) is 45.9 Å². The molecule has 4 nitrogen and oxygen atoms in total. The third-order valence-corrected chi connectivity index (χ3v) is 3.55. The summed E-state index contributed by atoms with van der Waals surface area (Å²) >= 11 is 1.72. The quantitative estimate of drug-likeness (QED) is 0.785. The number of hydrogen-bond acceptors (Lipinski definition) is 5. The molecule has 5 heteroatoms. The first-order valence-corrected chi connectivity index (χ1v) is 7.95. The minimum Gasteiger partial charge on any atom is -0.354 e. The van der Waals surface area contributed by atoms with Crippen LogP contribution in [-0.2, 0) is 0 Å². The molecule has 0 saturated heterocycles. The molecule has 0 aliphatic heterocycles. The fourth-order valence-corrected chi connectivity index (χ4v) is 2.39. The number of benzene rings is 1. The maximum absolute atomic E-state index is 4.50. The highest BCUT2D eigenvalue weighted by Gasteiger charge is 2.05. The number of anilines is 3. The summed E-state index contributed by atoms with van der Waals surface area (Å²) in [6, 6.07) is 10.2. The van der Waals surface area contributed by atoms with E-state index in [-0.39, 0.29) is 0 Å². The largest absolute Gasteiger partial charge is 0.354 e. The van der Waals surface area contributed by atoms with E-state index in [4.69, 9.17) is 0 Å². The van der Waals surface area contributed by atoms with Crippen LogP contribution in [0.2, 0.25) is 0 Å². The van der Waals surface area contributed by atoms with E-state index < -0.39 is 0 Å². The van der Waals surface area contributed by atoms with Gasteiger partial charge in [-0.2, -0.15) is 4.98 Å². The zero-order valence-electron chi connectivity index (χ0n) is 12.1. The van der Waals surface area contributed by atoms with E-state index >= 15 is 0 Å². The maximum Gasteiger partial charge on any atom is 0.224 e. The van der Waals surface area contributed by atoms with Crippen molar-refractivity contribution < 1.29 is 0 Å². The second-order valence-corrected chi connectivity index (χ2v) is 5.32. The molecule has 0 radical (unpaired) electrons. The second-order valence-electron chi connectivity index (χ2n) is 4.47. The number of hydrogen-bond donors (Lipinski definition) is 2. The van der Waals surface area contributed by atoms with E-state index in [0.717, 1.165) is 30.2 Å². The standard InChI is InChI=1S/C15H20N4S/c1-4-9-16-15-17-11(2)10-14(19-15)18-12-7-5-6-8-13(12)20-3/h5-8,10H,4,9H2,1-3H3,(H2,16,17,18,19). The van der Waals surface area contributed by atoms with Crippen LogP contribution in [-0.4, -0.2) is 22.8 Å². The van der Waals surface area contributed by atoms with Crippen LogP contribution in [0.25, 0.3) is 0 Å². The number of para-hydroxylation sites is 1. The Morgan fingerprint density at radius 1 is 1.20 bits per heavy atom. The van der Waals surface area contributed by atoms with Gasteiger partial charge in [-0.05, 0) is 31.7 Å². The molecule has 0 spiro atoms. The van der Waals surface area contributed by atoms with E-state index in [9.17, 15) is 0 Å². The van der Waals surface area contributed by atoms with Crippen molar-refractivity contribution in [2.24, 2.45) is 0 Å². The lowest BCUT2D eigenvalue weighted by molar-refractivity contribution is 0.947. The molecule has 2 rings (SSSR count). The molecule has 2 N–H and O–H groups in total. The van der Waals surface area contributed by atoms with Gasteiger partial charge in [-0.3, -0.25) is 0 Å². The Labute approximate surface area is 124 Å². The van der Waals surface area contributed by atoms with Gasteiger partial charge < -0.3 is 10.6 Å². The number of rotatable bonds is 6. The summed E-state index contributed by atoms with van der Waals surface area (Å²) in [5.74, 6) is 1.49. The van der Waals surface area contributed by atoms with E-state index in [1.54, 1.807) is 11.8 Å². The molecule has 2 aromatic rings. The van der Waals surface area contributed by atoms with Crippen LogP contribution in [0.4, 0.5) is 17.5 Å². The smallest absolute Gasteiger partial charge is 0.224 e. The van der Waals surface area contributed by atoms with Crippen LogP contribution in [0.3, 0.4) is 0 Å². The van der Waals surface area contributed by atoms with Crippen LogP contribution in [0.5, 0.6) is 0 Å². The molecule has 0 aliphatic carbocycles. The topological polar surface area (TPSA) is 49.8 Å². The first-order chi connectivity index (χ1) is 9.72. The number of thioether (sulfide) groups is 1. The highest BCUT2D eigenvalue weighted by molar-refractivity contribution is 7.98. The zero-order chi connectivity index (χ0) is 14.4. The lowest BCUT2D eigenvalue weighted by atomic mass is 10.3. The molecule has 0 fully saturated rings. The van der Waals surface area contributed by atoms with Crippen LogP contribution in [0, 0.1) is 6.92 Å². The van der Waals surface area contributed by atoms with Gasteiger partial charge >= 0.3 is 0 Å². The average Bonchev–Trinajstić information content (AvgIpc) is 2.45. The minimum atomic E-state index is 0.677. The van der Waals surface area contributed by atoms with Crippen molar-refractivity contribution in [2.75, 3.05) is 23.4 Å². The summed E-state index contributed by atoms with van der Waals surface area (Å²) < 4.78 is 0. The van der Waals surface area contributed by atoms with Crippen molar-refractivity contribution in [3.05, 3.63) is 36.0 Å². The molecule has 0 aliphatic rings. The highest BCUT2D eigenvalue weighted by atomic mass is 32.2. The van der Waals surface area contributed by atoms with Gasteiger partial charge in [-0.15, -0.1) is 11.8 Å². The first kappa shape index (κ1) is 14.7. The molecule has 0 saturated carbocycles. The van der Waals surface area contributed by atoms with Crippen molar-refractivity contribution in [1.82, 2.24) is 9.97 Å². The minimum absolute atomic E-state index is 0.677. The molecular weight excluding hydrogens is 268 g/mol. The van der Waals surface area contributed by atoms with Gasteiger partial charge in [0, 0.05) is 23.2 Å². The number of nitrogens with zero attached hydrogens (tertiary/aromatic N) is 2. The van der Waals surface area contributed by atoms with Crippen molar-refractivity contribution in [3.8, 4) is 0 Å². The zero-order valence-corrected chi connectivity index (χ0v) is 12.9. The van der Waals surface area contributed by atoms with Crippen LogP contribution in [0.1, 0.15) is 19.0 Å². The summed E-state index contributed by atoms with van der Waals surface area (Å²) in [6.07, 6.45) is 3.12. The van der Waals surface area contributed by atoms with Crippen LogP contribution >= 0.6 is 11.8 Å². The lowest BCUT2D eigenvalue weighted by Crippen LogP contribution is -2.07. The third-order valence-electron chi connectivity index (χ3n) is 2.76. The van der Waals surface area contributed by atoms with Crippen molar-refractivity contribution in [1.29, 1.82) is 0 Å². The molecule has 20 heavy (non-hydrogen) atoms. The molecule has 0 atom stereocenters. The molecule has 1 aromatic carbocycles. The highest BCUT2D eigenvalue weighted by Crippen LogP contribution is 2.27. The average molecular weight is 288 g/mol. The van der Waals surface area contributed by atoms with Gasteiger partial charge in [-0.25, -0.2) is 4.98 Å². The molecule has 1 heterocycles. The fraction of sp³-hybridized carbons (Fsp3) is 0.333. The summed E-state index contributed by atoms with van der Waals surface area (Å²) in [6.45, 7) is 4.98. The molecule has 0 bridgehead atoms. The Bertz CT molecular complexity index is 572. The van der Waals surface area contributed by atoms with Gasteiger partial charge in [0.05, 0.1) is 5.69 Å². The molecular formula is C15H20N4S. The summed E-state index contributed by atoms with van der Waals surface area (Å²) in [5, 5.41) is 6.59. The second kappa shape index (κ2) is 7.14. The first-order valence-electron chi connectivity index (χ1n) is 6.72.